The molecule has 0 radical (unpaired) electrons. The zero-order chi connectivity index (χ0) is 36.3. The van der Waals surface area contributed by atoms with E-state index in [-0.39, 0.29) is 37.5 Å². The minimum atomic E-state index is -0.911. The summed E-state index contributed by atoms with van der Waals surface area (Å²) in [7, 11) is 2.01. The zero-order valence-corrected chi connectivity index (χ0v) is 28.9. The second-order valence-electron chi connectivity index (χ2n) is 14.3. The van der Waals surface area contributed by atoms with Gasteiger partial charge in [-0.2, -0.15) is 0 Å². The van der Waals surface area contributed by atoms with Crippen LogP contribution in [-0.2, 0) is 45.0 Å². The van der Waals surface area contributed by atoms with Gasteiger partial charge < -0.3 is 9.80 Å². The lowest BCUT2D eigenvalue weighted by atomic mass is 9.94. The summed E-state index contributed by atoms with van der Waals surface area (Å²) >= 11 is 0. The van der Waals surface area contributed by atoms with Crippen molar-refractivity contribution in [3.05, 3.63) is 68.8 Å². The summed E-state index contributed by atoms with van der Waals surface area (Å²) in [5.41, 5.74) is 5.81. The highest BCUT2D eigenvalue weighted by Gasteiger charge is 2.46. The number of amides is 8. The topological polar surface area (TPSA) is 174 Å². The van der Waals surface area contributed by atoms with E-state index in [0.29, 0.717) is 28.3 Å². The number of hydrogen-bond acceptors (Lipinski definition) is 10. The van der Waals surface area contributed by atoms with E-state index >= 15 is 0 Å². The molecule has 0 spiro atoms. The average molecular weight is 697 g/mol. The van der Waals surface area contributed by atoms with E-state index in [0.717, 1.165) is 77.5 Å². The predicted octanol–water partition coefficient (Wildman–Crippen LogP) is 0.973. The Labute approximate surface area is 294 Å². The van der Waals surface area contributed by atoms with Gasteiger partial charge in [-0.25, -0.2) is 0 Å². The zero-order valence-electron chi connectivity index (χ0n) is 28.9. The van der Waals surface area contributed by atoms with Crippen molar-refractivity contribution in [3.63, 3.8) is 0 Å². The van der Waals surface area contributed by atoms with Crippen molar-refractivity contribution < 1.29 is 38.4 Å². The van der Waals surface area contributed by atoms with Gasteiger partial charge >= 0.3 is 0 Å². The Hall–Kier alpha value is -5.08. The summed E-state index contributed by atoms with van der Waals surface area (Å²) in [5, 5.41) is 4.43. The minimum Gasteiger partial charge on any atom is -0.302 e. The van der Waals surface area contributed by atoms with Gasteiger partial charge in [-0.15, -0.1) is 0 Å². The van der Waals surface area contributed by atoms with Gasteiger partial charge in [-0.05, 0) is 99.5 Å². The van der Waals surface area contributed by atoms with E-state index in [4.69, 9.17) is 0 Å². The van der Waals surface area contributed by atoms with Crippen LogP contribution in [0.1, 0.15) is 103 Å². The quantitative estimate of drug-likeness (QED) is 0.441. The Morgan fingerprint density at radius 3 is 1.31 bits per heavy atom. The molecule has 0 bridgehead atoms. The van der Waals surface area contributed by atoms with Gasteiger partial charge in [0.15, 0.2) is 0 Å². The van der Waals surface area contributed by atoms with Crippen LogP contribution in [0.15, 0.2) is 24.3 Å². The number of carbonyl (C=O) groups excluding carboxylic acids is 8. The van der Waals surface area contributed by atoms with Crippen LogP contribution in [0, 0.1) is 0 Å². The fourth-order valence-corrected chi connectivity index (χ4v) is 7.90. The molecule has 14 heteroatoms. The molecule has 6 aliphatic rings. The summed E-state index contributed by atoms with van der Waals surface area (Å²) in [6, 6.07) is 5.89. The second-order valence-corrected chi connectivity index (χ2v) is 14.3. The third-order valence-electron chi connectivity index (χ3n) is 10.8. The summed E-state index contributed by atoms with van der Waals surface area (Å²) in [6.45, 7) is 7.82. The van der Waals surface area contributed by atoms with E-state index in [9.17, 15) is 38.4 Å². The molecular formula is C37H40N6O8. The maximum absolute atomic E-state index is 12.9. The Balaban J connectivity index is 0.000000160. The van der Waals surface area contributed by atoms with Crippen LogP contribution in [-0.4, -0.2) is 112 Å². The first-order chi connectivity index (χ1) is 24.3. The maximum Gasteiger partial charge on any atom is 0.262 e. The Kier molecular flexibility index (Phi) is 8.92. The van der Waals surface area contributed by atoms with Crippen LogP contribution in [0.3, 0.4) is 0 Å². The molecule has 0 saturated carbocycles. The molecule has 2 saturated heterocycles. The molecule has 8 amide bonds. The Bertz CT molecular complexity index is 1890. The highest BCUT2D eigenvalue weighted by Crippen LogP contribution is 2.33. The van der Waals surface area contributed by atoms with Crippen LogP contribution >= 0.6 is 0 Å². The molecule has 14 nitrogen and oxygen atoms in total. The third-order valence-corrected chi connectivity index (χ3v) is 10.8. The molecule has 6 heterocycles. The van der Waals surface area contributed by atoms with E-state index in [2.05, 4.69) is 34.3 Å². The fourth-order valence-electron chi connectivity index (χ4n) is 7.90. The second kappa shape index (κ2) is 13.2. The first kappa shape index (κ1) is 34.4. The fraction of sp³-hybridized carbons (Fsp3) is 0.459. The number of piperidine rings is 2. The van der Waals surface area contributed by atoms with Crippen molar-refractivity contribution in [1.82, 2.24) is 30.2 Å². The number of nitrogens with one attached hydrogen (secondary N) is 2. The van der Waals surface area contributed by atoms with Crippen molar-refractivity contribution in [2.45, 2.75) is 83.5 Å². The summed E-state index contributed by atoms with van der Waals surface area (Å²) in [5.74, 6) is -3.64. The van der Waals surface area contributed by atoms with Crippen molar-refractivity contribution in [2.75, 3.05) is 26.7 Å². The maximum atomic E-state index is 12.9. The highest BCUT2D eigenvalue weighted by molar-refractivity contribution is 6.24. The van der Waals surface area contributed by atoms with Crippen molar-refractivity contribution in [1.29, 1.82) is 0 Å². The van der Waals surface area contributed by atoms with Gasteiger partial charge in [0.25, 0.3) is 23.6 Å². The standard InChI is InChI=1S/C20H23N3O4.C17H17N3O4/c1-11(2)22-7-5-12-9-14-15(10-13(12)6-8-22)20(27)23(19(14)26)16-3-4-17(24)21-18(16)25;1-19-5-4-9-6-11-12(7-10(9)8-19)17(24)20(16(11)23)13-2-3-14(21)18-15(13)22/h9-11,16H,3-8H2,1-2H3,(H,21,24,25);6-7,13H,2-5,8H2,1H3,(H,18,21,22). The molecule has 2 aromatic carbocycles. The van der Waals surface area contributed by atoms with Gasteiger partial charge in [0.05, 0.1) is 22.3 Å². The minimum absolute atomic E-state index is 0.130. The number of hydrogen-bond donors (Lipinski definition) is 2. The molecule has 2 atom stereocenters. The predicted molar refractivity (Wildman–Crippen MR) is 180 cm³/mol. The number of benzene rings is 2. The van der Waals surface area contributed by atoms with Gasteiger partial charge in [0, 0.05) is 45.1 Å². The number of likely N-dealkylation sites (N-methyl/N-ethyl adjacent to an activating group) is 1. The van der Waals surface area contributed by atoms with Crippen molar-refractivity contribution >= 4 is 47.3 Å². The Morgan fingerprint density at radius 2 is 0.922 bits per heavy atom. The summed E-state index contributed by atoms with van der Waals surface area (Å²) < 4.78 is 0. The van der Waals surface area contributed by atoms with Crippen molar-refractivity contribution in [2.24, 2.45) is 0 Å². The summed E-state index contributed by atoms with van der Waals surface area (Å²) in [6.07, 6.45) is 3.12. The molecule has 0 aliphatic carbocycles. The Morgan fingerprint density at radius 1 is 0.549 bits per heavy atom. The lowest BCUT2D eigenvalue weighted by Gasteiger charge is -2.27. The van der Waals surface area contributed by atoms with Crippen LogP contribution in [0.25, 0.3) is 0 Å². The highest BCUT2D eigenvalue weighted by atomic mass is 16.2. The van der Waals surface area contributed by atoms with Crippen LogP contribution < -0.4 is 10.6 Å². The SMILES string of the molecule is CC(C)N1CCc2cc3c(cc2CC1)C(=O)N(C1CCC(=O)NC1=O)C3=O.CN1CCc2cc3c(cc2C1)C(=O)N(C1CCC(=O)NC1=O)C3=O. The normalized spacial score (nSPS) is 23.7. The number of fused-ring (bicyclic) bond motifs is 4. The van der Waals surface area contributed by atoms with Crippen LogP contribution in [0.4, 0.5) is 0 Å². The van der Waals surface area contributed by atoms with E-state index in [1.807, 2.05) is 19.2 Å². The van der Waals surface area contributed by atoms with Gasteiger partial charge in [-0.3, -0.25) is 58.8 Å². The van der Waals surface area contributed by atoms with Gasteiger partial charge in [0.2, 0.25) is 23.6 Å². The lowest BCUT2D eigenvalue weighted by molar-refractivity contribution is -0.137. The lowest BCUT2D eigenvalue weighted by Crippen LogP contribution is -2.54. The van der Waals surface area contributed by atoms with E-state index in [1.54, 1.807) is 12.1 Å². The van der Waals surface area contributed by atoms with E-state index in [1.165, 1.54) is 0 Å². The number of imide groups is 4. The molecule has 2 unspecified atom stereocenters. The number of rotatable bonds is 3. The van der Waals surface area contributed by atoms with Gasteiger partial charge in [-0.1, -0.05) is 0 Å². The number of nitrogens with zero attached hydrogens (tertiary/aromatic N) is 4. The molecular weight excluding hydrogens is 656 g/mol. The third kappa shape index (κ3) is 6.16. The molecule has 6 aliphatic heterocycles. The molecule has 266 valence electrons. The molecule has 2 N–H and O–H groups in total. The number of carbonyl (C=O) groups is 8. The summed E-state index contributed by atoms with van der Waals surface area (Å²) in [4.78, 5) is 105. The molecule has 2 aromatic rings. The monoisotopic (exact) mass is 696 g/mol. The van der Waals surface area contributed by atoms with Crippen molar-refractivity contribution in [3.8, 4) is 0 Å². The first-order valence-electron chi connectivity index (χ1n) is 17.5. The molecule has 0 aromatic heterocycles. The molecule has 8 rings (SSSR count). The molecule has 51 heavy (non-hydrogen) atoms. The average Bonchev–Trinajstić information content (AvgIpc) is 3.33. The molecule has 2 fully saturated rings. The van der Waals surface area contributed by atoms with Crippen LogP contribution in [0.2, 0.25) is 0 Å². The van der Waals surface area contributed by atoms with Gasteiger partial charge in [0.1, 0.15) is 12.1 Å². The first-order valence-corrected chi connectivity index (χ1v) is 17.5. The van der Waals surface area contributed by atoms with E-state index < -0.39 is 47.5 Å². The smallest absolute Gasteiger partial charge is 0.262 e. The largest absolute Gasteiger partial charge is 0.302 e. The van der Waals surface area contributed by atoms with Crippen LogP contribution in [0.5, 0.6) is 0 Å².